The monoisotopic (exact) mass is 392 g/mol. The molecule has 0 bridgehead atoms. The lowest BCUT2D eigenvalue weighted by Crippen LogP contribution is -2.19. The molecule has 148 valence electrons. The van der Waals surface area contributed by atoms with Gasteiger partial charge >= 0.3 is 0 Å². The first-order valence-corrected chi connectivity index (χ1v) is 7.74. The smallest absolute Gasteiger partial charge is 0.225 e. The Morgan fingerprint density at radius 1 is 1.41 bits per heavy atom. The van der Waals surface area contributed by atoms with E-state index in [9.17, 15) is 15.0 Å². The van der Waals surface area contributed by atoms with Gasteiger partial charge in [0, 0.05) is 33.4 Å². The zero-order valence-electron chi connectivity index (χ0n) is 28.8. The van der Waals surface area contributed by atoms with Crippen LogP contribution < -0.4 is 5.32 Å². The summed E-state index contributed by atoms with van der Waals surface area (Å²) in [4.78, 5) is 24.8. The molecule has 0 aromatic carbocycles. The highest BCUT2D eigenvalue weighted by Crippen LogP contribution is 2.31. The molecule has 1 aliphatic rings. The molecule has 3 N–H and O–H groups in total. The molecule has 9 nitrogen and oxygen atoms in total. The Hall–Kier alpha value is -2.10. The average molecular weight is 393 g/mol. The normalized spacial score (nSPS) is 34.3. The first-order valence-electron chi connectivity index (χ1n) is 15.2. The van der Waals surface area contributed by atoms with Gasteiger partial charge < -0.3 is 20.3 Å². The van der Waals surface area contributed by atoms with E-state index < -0.39 is 75.3 Å². The summed E-state index contributed by atoms with van der Waals surface area (Å²) in [6.45, 7) is -4.23. The van der Waals surface area contributed by atoms with Crippen LogP contribution in [0.5, 0.6) is 0 Å². The van der Waals surface area contributed by atoms with Gasteiger partial charge in [-0.05, 0) is 6.37 Å². The molecule has 2 aromatic rings. The second-order valence-corrected chi connectivity index (χ2v) is 5.38. The number of carbonyl (C=O) groups excluding carboxylic acids is 1. The number of fused-ring (bicyclic) bond motifs is 1. The molecule has 2 aromatic heterocycles. The number of aliphatic hydroxyl groups is 2. The summed E-state index contributed by atoms with van der Waals surface area (Å²) in [6.07, 6.45) is -26.2. The summed E-state index contributed by atoms with van der Waals surface area (Å²) in [5.74, 6) is -2.45. The van der Waals surface area contributed by atoms with Crippen LogP contribution in [0.3, 0.4) is 0 Å². The van der Waals surface area contributed by atoms with Crippen molar-refractivity contribution in [1.82, 2.24) is 19.5 Å². The Balaban J connectivity index is 1.97. The molecule has 3 heterocycles. The van der Waals surface area contributed by atoms with E-state index in [-0.39, 0.29) is 24.2 Å². The van der Waals surface area contributed by atoms with Crippen LogP contribution in [-0.4, -0.2) is 54.5 Å². The van der Waals surface area contributed by atoms with Gasteiger partial charge in [-0.2, -0.15) is 0 Å². The van der Waals surface area contributed by atoms with Gasteiger partial charge in [-0.3, -0.25) is 9.36 Å². The van der Waals surface area contributed by atoms with Crippen LogP contribution in [0.1, 0.15) is 78.3 Å². The summed E-state index contributed by atoms with van der Waals surface area (Å²) in [5, 5.41) is 21.5. The van der Waals surface area contributed by atoms with Crippen molar-refractivity contribution in [3.63, 3.8) is 0 Å². The molecular formula is C18H27N5O4. The van der Waals surface area contributed by atoms with Gasteiger partial charge in [0.25, 0.3) is 0 Å². The standard InChI is InChI=1S/C18H27N5O4/c1-2-3-4-5-6-7-14(26)22-16-15-17(20-10-19-16)23(11-21-15)18-13(25)8-12(9-24)27-18/h10-13,18,24-25H,2-9H2,1H3,(H,19,20,22,26)/t12-,13+,18+/m0/s1/i1D3,2D2,3D2,4D2,5D2,6D2,7D2. The number of hydrogen-bond acceptors (Lipinski definition) is 7. The molecular weight excluding hydrogens is 350 g/mol. The maximum Gasteiger partial charge on any atom is 0.225 e. The number of imidazole rings is 1. The largest absolute Gasteiger partial charge is 0.394 e. The lowest BCUT2D eigenvalue weighted by atomic mass is 10.1. The summed E-state index contributed by atoms with van der Waals surface area (Å²) < 4.78 is 124. The summed E-state index contributed by atoms with van der Waals surface area (Å²) in [6, 6.07) is 0. The zero-order valence-corrected chi connectivity index (χ0v) is 13.8. The second kappa shape index (κ2) is 9.20. The van der Waals surface area contributed by atoms with Gasteiger partial charge in [-0.1, -0.05) is 32.3 Å². The van der Waals surface area contributed by atoms with Gasteiger partial charge in [0.15, 0.2) is 23.2 Å². The fraction of sp³-hybridized carbons (Fsp3) is 0.667. The third-order valence-electron chi connectivity index (χ3n) is 3.66. The SMILES string of the molecule is [2H]C([2H])([2H])C([2H])([2H])C([2H])([2H])C([2H])([2H])C([2H])([2H])C([2H])([2H])C([2H])([2H])C(=O)Nc1ncnc2c1ncn2[C@@H]1O[C@H](CO)C[C@H]1O. The Labute approximate surface area is 178 Å². The second-order valence-electron chi connectivity index (χ2n) is 5.38. The summed E-state index contributed by atoms with van der Waals surface area (Å²) in [5.41, 5.74) is -0.274. The van der Waals surface area contributed by atoms with E-state index in [2.05, 4.69) is 15.0 Å². The van der Waals surface area contributed by atoms with Crippen LogP contribution >= 0.6 is 0 Å². The fourth-order valence-electron chi connectivity index (χ4n) is 2.55. The minimum Gasteiger partial charge on any atom is -0.394 e. The molecule has 1 aliphatic heterocycles. The molecule has 0 saturated carbocycles. The molecule has 0 spiro atoms. The van der Waals surface area contributed by atoms with Crippen molar-refractivity contribution in [1.29, 1.82) is 0 Å². The van der Waals surface area contributed by atoms with Crippen LogP contribution in [0.2, 0.25) is 0 Å². The topological polar surface area (TPSA) is 122 Å². The van der Waals surface area contributed by atoms with Crippen molar-refractivity contribution in [3.8, 4) is 0 Å². The van der Waals surface area contributed by atoms with E-state index in [1.807, 2.05) is 5.32 Å². The lowest BCUT2D eigenvalue weighted by Gasteiger charge is -2.16. The number of aromatic nitrogens is 4. The van der Waals surface area contributed by atoms with E-state index in [4.69, 9.17) is 25.3 Å². The maximum absolute atomic E-state index is 13.0. The molecule has 1 amide bonds. The van der Waals surface area contributed by atoms with Crippen molar-refractivity contribution in [2.45, 2.75) is 69.9 Å². The van der Waals surface area contributed by atoms with Crippen molar-refractivity contribution in [2.75, 3.05) is 11.9 Å². The van der Waals surface area contributed by atoms with Gasteiger partial charge in [-0.25, -0.2) is 15.0 Å². The van der Waals surface area contributed by atoms with Crippen LogP contribution in [0.4, 0.5) is 5.82 Å². The zero-order chi connectivity index (χ0) is 32.5. The highest BCUT2D eigenvalue weighted by atomic mass is 16.5. The van der Waals surface area contributed by atoms with Crippen molar-refractivity contribution >= 4 is 22.9 Å². The Morgan fingerprint density at radius 2 is 2.26 bits per heavy atom. The van der Waals surface area contributed by atoms with Gasteiger partial charge in [0.1, 0.15) is 12.4 Å². The molecule has 27 heavy (non-hydrogen) atoms. The first kappa shape index (κ1) is 8.10. The highest BCUT2D eigenvalue weighted by molar-refractivity contribution is 5.96. The number of nitrogens with zero attached hydrogens (tertiary/aromatic N) is 4. The molecule has 0 unspecified atom stereocenters. The van der Waals surface area contributed by atoms with Crippen LogP contribution in [0.25, 0.3) is 11.2 Å². The van der Waals surface area contributed by atoms with Crippen molar-refractivity contribution < 1.29 is 40.3 Å². The highest BCUT2D eigenvalue weighted by Gasteiger charge is 2.36. The Kier molecular flexibility index (Phi) is 2.76. The number of aliphatic hydroxyl groups excluding tert-OH is 2. The first-order chi connectivity index (χ1) is 18.8. The summed E-state index contributed by atoms with van der Waals surface area (Å²) in [7, 11) is 0. The number of anilines is 1. The van der Waals surface area contributed by atoms with Gasteiger partial charge in [0.05, 0.1) is 19.0 Å². The fourth-order valence-corrected chi connectivity index (χ4v) is 2.55. The van der Waals surface area contributed by atoms with E-state index in [1.165, 1.54) is 4.57 Å². The lowest BCUT2D eigenvalue weighted by molar-refractivity contribution is -0.116. The molecule has 3 rings (SSSR count). The quantitative estimate of drug-likeness (QED) is 0.594. The predicted octanol–water partition coefficient (Wildman–Crippen LogP) is 1.77. The third kappa shape index (κ3) is 4.60. The molecule has 1 fully saturated rings. The average Bonchev–Trinajstić information content (AvgIpc) is 3.46. The predicted molar refractivity (Wildman–Crippen MR) is 98.9 cm³/mol. The van der Waals surface area contributed by atoms with E-state index >= 15 is 0 Å². The van der Waals surface area contributed by atoms with Crippen LogP contribution in [0.15, 0.2) is 12.7 Å². The Morgan fingerprint density at radius 3 is 3.04 bits per heavy atom. The van der Waals surface area contributed by atoms with E-state index in [0.29, 0.717) is 0 Å². The van der Waals surface area contributed by atoms with E-state index in [0.717, 1.165) is 12.7 Å². The minimum atomic E-state index is -4.37. The number of nitrogens with one attached hydrogen (secondary N) is 1. The molecule has 9 heteroatoms. The van der Waals surface area contributed by atoms with Crippen molar-refractivity contribution in [3.05, 3.63) is 12.7 Å². The minimum absolute atomic E-state index is 0.0572. The van der Waals surface area contributed by atoms with Crippen LogP contribution in [-0.2, 0) is 9.53 Å². The number of ether oxygens (including phenoxy) is 1. The van der Waals surface area contributed by atoms with Gasteiger partial charge in [-0.15, -0.1) is 0 Å². The maximum atomic E-state index is 13.0. The number of carbonyl (C=O) groups is 1. The molecule has 0 aliphatic carbocycles. The molecule has 0 radical (unpaired) electrons. The van der Waals surface area contributed by atoms with Crippen molar-refractivity contribution in [2.24, 2.45) is 0 Å². The third-order valence-corrected chi connectivity index (χ3v) is 3.66. The van der Waals surface area contributed by atoms with Gasteiger partial charge in [0.2, 0.25) is 5.91 Å². The Bertz CT molecular complexity index is 1330. The van der Waals surface area contributed by atoms with Crippen LogP contribution in [0, 0.1) is 0 Å². The number of hydrogen-bond donors (Lipinski definition) is 3. The molecule has 3 atom stereocenters. The van der Waals surface area contributed by atoms with E-state index in [1.54, 1.807) is 0 Å². The molecule has 1 saturated heterocycles. The summed E-state index contributed by atoms with van der Waals surface area (Å²) >= 11 is 0. The number of amides is 1. The number of rotatable bonds is 9.